The summed E-state index contributed by atoms with van der Waals surface area (Å²) in [5.74, 6) is 0. The minimum atomic E-state index is 0.636. The summed E-state index contributed by atoms with van der Waals surface area (Å²) in [6, 6.07) is 9.52. The molecular formula is C14H21N3. The molecule has 3 heteroatoms. The molecule has 0 unspecified atom stereocenters. The quantitative estimate of drug-likeness (QED) is 0.835. The van der Waals surface area contributed by atoms with Crippen molar-refractivity contribution in [2.45, 2.75) is 25.4 Å². The van der Waals surface area contributed by atoms with E-state index in [1.165, 1.54) is 50.3 Å². The number of nitrogens with zero attached hydrogens (tertiary/aromatic N) is 2. The lowest BCUT2D eigenvalue weighted by molar-refractivity contribution is 0.231. The first kappa shape index (κ1) is 11.1. The van der Waals surface area contributed by atoms with Crippen LogP contribution in [0.15, 0.2) is 24.3 Å². The van der Waals surface area contributed by atoms with Crippen LogP contribution in [0, 0.1) is 0 Å². The highest BCUT2D eigenvalue weighted by Crippen LogP contribution is 2.25. The molecule has 0 amide bonds. The third-order valence-electron chi connectivity index (χ3n) is 4.12. The van der Waals surface area contributed by atoms with E-state index in [1.54, 1.807) is 0 Å². The number of nitrogens with two attached hydrogens (primary N) is 1. The molecule has 17 heavy (non-hydrogen) atoms. The molecule has 0 bridgehead atoms. The molecule has 2 heterocycles. The number of fused-ring (bicyclic) bond motifs is 1. The lowest BCUT2D eigenvalue weighted by Gasteiger charge is -2.38. The smallest absolute Gasteiger partial charge is 0.0367 e. The molecule has 0 spiro atoms. The topological polar surface area (TPSA) is 32.5 Å². The lowest BCUT2D eigenvalue weighted by atomic mass is 10.1. The van der Waals surface area contributed by atoms with Crippen LogP contribution in [0.3, 0.4) is 0 Å². The zero-order valence-electron chi connectivity index (χ0n) is 10.3. The van der Waals surface area contributed by atoms with E-state index in [0.29, 0.717) is 6.54 Å². The van der Waals surface area contributed by atoms with Crippen molar-refractivity contribution in [1.82, 2.24) is 4.90 Å². The van der Waals surface area contributed by atoms with Gasteiger partial charge in [0.25, 0.3) is 0 Å². The Bertz CT molecular complexity index is 374. The predicted octanol–water partition coefficient (Wildman–Crippen LogP) is 1.43. The van der Waals surface area contributed by atoms with Crippen molar-refractivity contribution in [3.05, 3.63) is 29.8 Å². The fourth-order valence-corrected chi connectivity index (χ4v) is 3.07. The fraction of sp³-hybridized carbons (Fsp3) is 0.571. The van der Waals surface area contributed by atoms with Gasteiger partial charge in [0.15, 0.2) is 0 Å². The Hall–Kier alpha value is -1.06. The second kappa shape index (κ2) is 4.67. The van der Waals surface area contributed by atoms with E-state index in [1.807, 2.05) is 0 Å². The van der Waals surface area contributed by atoms with Gasteiger partial charge in [-0.2, -0.15) is 0 Å². The zero-order valence-corrected chi connectivity index (χ0v) is 10.3. The van der Waals surface area contributed by atoms with Crippen molar-refractivity contribution in [2.75, 3.05) is 31.1 Å². The van der Waals surface area contributed by atoms with Gasteiger partial charge in [0, 0.05) is 37.9 Å². The molecule has 2 N–H and O–H groups in total. The minimum absolute atomic E-state index is 0.636. The molecule has 2 saturated heterocycles. The van der Waals surface area contributed by atoms with Crippen molar-refractivity contribution in [3.63, 3.8) is 0 Å². The summed E-state index contributed by atoms with van der Waals surface area (Å²) in [6.07, 6.45) is 2.75. The Morgan fingerprint density at radius 3 is 2.71 bits per heavy atom. The van der Waals surface area contributed by atoms with Crippen molar-refractivity contribution in [2.24, 2.45) is 5.73 Å². The van der Waals surface area contributed by atoms with Crippen molar-refractivity contribution < 1.29 is 0 Å². The van der Waals surface area contributed by atoms with E-state index in [9.17, 15) is 0 Å². The van der Waals surface area contributed by atoms with Gasteiger partial charge in [0.05, 0.1) is 0 Å². The molecule has 1 aromatic rings. The van der Waals surface area contributed by atoms with Gasteiger partial charge >= 0.3 is 0 Å². The number of hydrogen-bond acceptors (Lipinski definition) is 3. The van der Waals surface area contributed by atoms with Gasteiger partial charge in [0.2, 0.25) is 0 Å². The number of anilines is 1. The summed E-state index contributed by atoms with van der Waals surface area (Å²) >= 11 is 0. The van der Waals surface area contributed by atoms with E-state index in [0.717, 1.165) is 6.04 Å². The van der Waals surface area contributed by atoms with E-state index in [2.05, 4.69) is 34.1 Å². The fourth-order valence-electron chi connectivity index (χ4n) is 3.07. The second-order valence-electron chi connectivity index (χ2n) is 5.15. The monoisotopic (exact) mass is 231 g/mol. The normalized spacial score (nSPS) is 25.0. The molecule has 1 atom stereocenters. The van der Waals surface area contributed by atoms with E-state index >= 15 is 0 Å². The third kappa shape index (κ3) is 2.17. The van der Waals surface area contributed by atoms with Gasteiger partial charge < -0.3 is 10.6 Å². The van der Waals surface area contributed by atoms with Gasteiger partial charge in [0.1, 0.15) is 0 Å². The third-order valence-corrected chi connectivity index (χ3v) is 4.12. The molecule has 0 aromatic heterocycles. The van der Waals surface area contributed by atoms with Crippen LogP contribution in [-0.4, -0.2) is 37.1 Å². The molecule has 2 aliphatic rings. The van der Waals surface area contributed by atoms with Gasteiger partial charge in [-0.1, -0.05) is 12.1 Å². The summed E-state index contributed by atoms with van der Waals surface area (Å²) < 4.78 is 0. The second-order valence-corrected chi connectivity index (χ2v) is 5.15. The first-order valence-corrected chi connectivity index (χ1v) is 6.65. The molecule has 3 rings (SSSR count). The van der Waals surface area contributed by atoms with Crippen LogP contribution >= 0.6 is 0 Å². The molecule has 3 nitrogen and oxygen atoms in total. The van der Waals surface area contributed by atoms with Gasteiger partial charge in [-0.15, -0.1) is 0 Å². The number of rotatable bonds is 2. The van der Waals surface area contributed by atoms with E-state index < -0.39 is 0 Å². The van der Waals surface area contributed by atoms with Crippen LogP contribution < -0.4 is 10.6 Å². The number of piperazine rings is 1. The lowest BCUT2D eigenvalue weighted by Crippen LogP contribution is -2.50. The van der Waals surface area contributed by atoms with Crippen LogP contribution in [0.25, 0.3) is 0 Å². The van der Waals surface area contributed by atoms with Crippen LogP contribution in [-0.2, 0) is 6.54 Å². The molecule has 2 fully saturated rings. The summed E-state index contributed by atoms with van der Waals surface area (Å²) in [7, 11) is 0. The molecular weight excluding hydrogens is 210 g/mol. The zero-order chi connectivity index (χ0) is 11.7. The van der Waals surface area contributed by atoms with Gasteiger partial charge in [-0.05, 0) is 37.1 Å². The SMILES string of the molecule is NCc1ccc(N2CCN3CCC[C@H]3C2)cc1. The summed E-state index contributed by atoms with van der Waals surface area (Å²) in [5.41, 5.74) is 8.20. The summed E-state index contributed by atoms with van der Waals surface area (Å²) in [5, 5.41) is 0. The van der Waals surface area contributed by atoms with Crippen molar-refractivity contribution in [1.29, 1.82) is 0 Å². The Balaban J connectivity index is 1.71. The van der Waals surface area contributed by atoms with Crippen molar-refractivity contribution in [3.8, 4) is 0 Å². The number of benzene rings is 1. The average molecular weight is 231 g/mol. The minimum Gasteiger partial charge on any atom is -0.369 e. The highest BCUT2D eigenvalue weighted by molar-refractivity contribution is 5.48. The molecule has 92 valence electrons. The molecule has 1 aromatic carbocycles. The van der Waals surface area contributed by atoms with Crippen molar-refractivity contribution >= 4 is 5.69 Å². The highest BCUT2D eigenvalue weighted by Gasteiger charge is 2.30. The predicted molar refractivity (Wildman–Crippen MR) is 71.1 cm³/mol. The van der Waals surface area contributed by atoms with Gasteiger partial charge in [-0.3, -0.25) is 4.90 Å². The highest BCUT2D eigenvalue weighted by atomic mass is 15.3. The Kier molecular flexibility index (Phi) is 3.04. The standard InChI is InChI=1S/C14H21N3/c15-10-12-3-5-13(6-4-12)17-9-8-16-7-1-2-14(16)11-17/h3-6,14H,1-2,7-11,15H2/t14-/m0/s1. The Morgan fingerprint density at radius 2 is 1.94 bits per heavy atom. The Morgan fingerprint density at radius 1 is 1.12 bits per heavy atom. The molecule has 0 aliphatic carbocycles. The Labute approximate surface area is 103 Å². The van der Waals surface area contributed by atoms with Crippen LogP contribution in [0.5, 0.6) is 0 Å². The van der Waals surface area contributed by atoms with Crippen LogP contribution in [0.2, 0.25) is 0 Å². The summed E-state index contributed by atoms with van der Waals surface area (Å²) in [4.78, 5) is 5.16. The maximum atomic E-state index is 5.63. The largest absolute Gasteiger partial charge is 0.369 e. The molecule has 0 radical (unpaired) electrons. The number of hydrogen-bond donors (Lipinski definition) is 1. The first-order valence-electron chi connectivity index (χ1n) is 6.65. The first-order chi connectivity index (χ1) is 8.36. The molecule has 2 aliphatic heterocycles. The van der Waals surface area contributed by atoms with Gasteiger partial charge in [-0.25, -0.2) is 0 Å². The van der Waals surface area contributed by atoms with Crippen LogP contribution in [0.4, 0.5) is 5.69 Å². The maximum absolute atomic E-state index is 5.63. The average Bonchev–Trinajstić information content (AvgIpc) is 2.86. The molecule has 0 saturated carbocycles. The van der Waals surface area contributed by atoms with E-state index in [-0.39, 0.29) is 0 Å². The summed E-state index contributed by atoms with van der Waals surface area (Å²) in [6.45, 7) is 5.53. The van der Waals surface area contributed by atoms with E-state index in [4.69, 9.17) is 5.73 Å². The van der Waals surface area contributed by atoms with Crippen LogP contribution in [0.1, 0.15) is 18.4 Å². The maximum Gasteiger partial charge on any atom is 0.0367 e.